The Kier molecular flexibility index (Phi) is 3.21. The molecule has 1 aromatic rings. The third kappa shape index (κ3) is 3.39. The molecule has 0 aliphatic heterocycles. The second-order valence-electron chi connectivity index (χ2n) is 2.43. The maximum Gasteiger partial charge on any atom is 0.215 e. The number of hydrogen-bond acceptors (Lipinski definition) is 3. The van der Waals surface area contributed by atoms with Crippen LogP contribution >= 0.6 is 0 Å². The van der Waals surface area contributed by atoms with Crippen molar-refractivity contribution in [3.05, 3.63) is 30.9 Å². The summed E-state index contributed by atoms with van der Waals surface area (Å²) in [4.78, 5) is 6.66. The minimum atomic E-state index is -3.24. The lowest BCUT2D eigenvalue weighted by atomic mass is 10.6. The lowest BCUT2D eigenvalue weighted by molar-refractivity contribution is 0.583. The number of nitrogens with zero attached hydrogens (tertiary/aromatic N) is 1. The summed E-state index contributed by atoms with van der Waals surface area (Å²) in [6, 6.07) is 0. The van der Waals surface area contributed by atoms with Crippen molar-refractivity contribution in [1.82, 2.24) is 14.7 Å². The molecule has 0 aliphatic carbocycles. The van der Waals surface area contributed by atoms with Crippen molar-refractivity contribution >= 4 is 10.0 Å². The van der Waals surface area contributed by atoms with Crippen LogP contribution in [-0.2, 0) is 16.6 Å². The van der Waals surface area contributed by atoms with Gasteiger partial charge in [-0.15, -0.1) is 6.58 Å². The van der Waals surface area contributed by atoms with Crippen molar-refractivity contribution in [3.8, 4) is 0 Å². The molecule has 5 nitrogen and oxygen atoms in total. The van der Waals surface area contributed by atoms with Gasteiger partial charge in [0, 0.05) is 12.4 Å². The fourth-order valence-electron chi connectivity index (χ4n) is 0.787. The van der Waals surface area contributed by atoms with E-state index in [0.717, 1.165) is 0 Å². The van der Waals surface area contributed by atoms with Gasteiger partial charge >= 0.3 is 0 Å². The molecule has 1 rings (SSSR count). The molecule has 0 aromatic carbocycles. The minimum Gasteiger partial charge on any atom is -0.347 e. The zero-order chi connectivity index (χ0) is 9.73. The standard InChI is InChI=1S/C7H11N3O2S/c1-2-5-13(11,12)10-6-7-8-3-4-9-7/h2-4,10H,1,5-6H2,(H,8,9). The topological polar surface area (TPSA) is 74.8 Å². The number of aromatic nitrogens is 2. The third-order valence-electron chi connectivity index (χ3n) is 1.35. The average molecular weight is 201 g/mol. The molecule has 0 spiro atoms. The minimum absolute atomic E-state index is 0.0757. The van der Waals surface area contributed by atoms with Crippen LogP contribution in [0.15, 0.2) is 25.0 Å². The van der Waals surface area contributed by atoms with Gasteiger partial charge in [0.15, 0.2) is 0 Å². The number of sulfonamides is 1. The molecule has 0 fully saturated rings. The molecule has 0 aliphatic rings. The number of nitrogens with one attached hydrogen (secondary N) is 2. The summed E-state index contributed by atoms with van der Waals surface area (Å²) in [5, 5.41) is 0. The van der Waals surface area contributed by atoms with Crippen molar-refractivity contribution in [2.45, 2.75) is 6.54 Å². The Morgan fingerprint density at radius 3 is 3.00 bits per heavy atom. The lowest BCUT2D eigenvalue weighted by Crippen LogP contribution is -2.25. The Morgan fingerprint density at radius 2 is 2.46 bits per heavy atom. The van der Waals surface area contributed by atoms with Gasteiger partial charge in [0.2, 0.25) is 10.0 Å². The van der Waals surface area contributed by atoms with Crippen molar-refractivity contribution < 1.29 is 8.42 Å². The van der Waals surface area contributed by atoms with Crippen LogP contribution in [0.25, 0.3) is 0 Å². The van der Waals surface area contributed by atoms with Crippen molar-refractivity contribution in [1.29, 1.82) is 0 Å². The summed E-state index contributed by atoms with van der Waals surface area (Å²) in [5.74, 6) is 0.515. The van der Waals surface area contributed by atoms with Crippen LogP contribution in [-0.4, -0.2) is 24.1 Å². The summed E-state index contributed by atoms with van der Waals surface area (Å²) in [7, 11) is -3.24. The zero-order valence-electron chi connectivity index (χ0n) is 7.03. The van der Waals surface area contributed by atoms with Crippen molar-refractivity contribution in [3.63, 3.8) is 0 Å². The van der Waals surface area contributed by atoms with E-state index in [-0.39, 0.29) is 12.3 Å². The fraction of sp³-hybridized carbons (Fsp3) is 0.286. The highest BCUT2D eigenvalue weighted by molar-refractivity contribution is 7.89. The largest absolute Gasteiger partial charge is 0.347 e. The molecule has 0 amide bonds. The average Bonchev–Trinajstić information content (AvgIpc) is 2.52. The molecule has 0 unspecified atom stereocenters. The molecule has 2 N–H and O–H groups in total. The number of hydrogen-bond donors (Lipinski definition) is 2. The normalized spacial score (nSPS) is 11.4. The first-order valence-electron chi connectivity index (χ1n) is 3.70. The Balaban J connectivity index is 2.47. The summed E-state index contributed by atoms with van der Waals surface area (Å²) in [5.41, 5.74) is 0. The SMILES string of the molecule is C=CCS(=O)(=O)NCc1ncc[nH]1. The second kappa shape index (κ2) is 4.20. The van der Waals surface area contributed by atoms with Gasteiger partial charge in [0.1, 0.15) is 5.82 Å². The first-order valence-corrected chi connectivity index (χ1v) is 5.36. The van der Waals surface area contributed by atoms with Crippen LogP contribution in [0.2, 0.25) is 0 Å². The highest BCUT2D eigenvalue weighted by atomic mass is 32.2. The first-order chi connectivity index (χ1) is 6.14. The molecule has 13 heavy (non-hydrogen) atoms. The van der Waals surface area contributed by atoms with Crippen LogP contribution in [0.1, 0.15) is 5.82 Å². The predicted octanol–water partition coefficient (Wildman–Crippen LogP) is 0.0151. The highest BCUT2D eigenvalue weighted by Crippen LogP contribution is 1.90. The number of imidazole rings is 1. The molecule has 6 heteroatoms. The summed E-state index contributed by atoms with van der Waals surface area (Å²) < 4.78 is 24.6. The van der Waals surface area contributed by atoms with Gasteiger partial charge < -0.3 is 4.98 Å². The second-order valence-corrected chi connectivity index (χ2v) is 4.28. The molecule has 0 saturated carbocycles. The highest BCUT2D eigenvalue weighted by Gasteiger charge is 2.06. The molecule has 1 heterocycles. The zero-order valence-corrected chi connectivity index (χ0v) is 7.84. The fourth-order valence-corrected chi connectivity index (χ4v) is 1.57. The quantitative estimate of drug-likeness (QED) is 0.659. The molecular formula is C7H11N3O2S. The van der Waals surface area contributed by atoms with Gasteiger partial charge in [0.25, 0.3) is 0 Å². The summed E-state index contributed by atoms with van der Waals surface area (Å²) >= 11 is 0. The predicted molar refractivity (Wildman–Crippen MR) is 49.4 cm³/mol. The van der Waals surface area contributed by atoms with E-state index < -0.39 is 10.0 Å². The molecule has 0 saturated heterocycles. The third-order valence-corrected chi connectivity index (χ3v) is 2.61. The van der Waals surface area contributed by atoms with Crippen LogP contribution in [0, 0.1) is 0 Å². The number of rotatable bonds is 5. The Bertz CT molecular complexity index is 355. The number of aromatic amines is 1. The Labute approximate surface area is 76.9 Å². The molecule has 1 aromatic heterocycles. The maximum absolute atomic E-state index is 11.1. The van der Waals surface area contributed by atoms with Crippen LogP contribution in [0.3, 0.4) is 0 Å². The Morgan fingerprint density at radius 1 is 1.69 bits per heavy atom. The van der Waals surface area contributed by atoms with E-state index in [0.29, 0.717) is 5.82 Å². The molecule has 0 bridgehead atoms. The first kappa shape index (κ1) is 9.94. The van der Waals surface area contributed by atoms with Gasteiger partial charge in [-0.25, -0.2) is 18.1 Å². The van der Waals surface area contributed by atoms with Gasteiger partial charge in [-0.05, 0) is 0 Å². The molecule has 0 radical (unpaired) electrons. The molecule has 72 valence electrons. The van der Waals surface area contributed by atoms with E-state index in [2.05, 4.69) is 21.3 Å². The van der Waals surface area contributed by atoms with E-state index in [1.165, 1.54) is 6.08 Å². The van der Waals surface area contributed by atoms with Crippen LogP contribution in [0.4, 0.5) is 0 Å². The smallest absolute Gasteiger partial charge is 0.215 e. The van der Waals surface area contributed by atoms with Gasteiger partial charge in [-0.3, -0.25) is 0 Å². The maximum atomic E-state index is 11.1. The van der Waals surface area contributed by atoms with E-state index in [9.17, 15) is 8.42 Å². The van der Waals surface area contributed by atoms with Gasteiger partial charge in [0.05, 0.1) is 12.3 Å². The summed E-state index contributed by atoms with van der Waals surface area (Å²) in [6.07, 6.45) is 4.54. The van der Waals surface area contributed by atoms with Gasteiger partial charge in [-0.2, -0.15) is 0 Å². The van der Waals surface area contributed by atoms with Crippen LogP contribution in [0.5, 0.6) is 0 Å². The van der Waals surface area contributed by atoms with E-state index in [1.807, 2.05) is 0 Å². The Hall–Kier alpha value is -1.14. The molecule has 0 atom stereocenters. The van der Waals surface area contributed by atoms with Gasteiger partial charge in [-0.1, -0.05) is 6.08 Å². The van der Waals surface area contributed by atoms with Crippen molar-refractivity contribution in [2.75, 3.05) is 5.75 Å². The lowest BCUT2D eigenvalue weighted by Gasteiger charge is -2.01. The van der Waals surface area contributed by atoms with Crippen LogP contribution < -0.4 is 4.72 Å². The molecular weight excluding hydrogens is 190 g/mol. The van der Waals surface area contributed by atoms with E-state index in [4.69, 9.17) is 0 Å². The number of H-pyrrole nitrogens is 1. The van der Waals surface area contributed by atoms with E-state index in [1.54, 1.807) is 12.4 Å². The van der Waals surface area contributed by atoms with Crippen molar-refractivity contribution in [2.24, 2.45) is 0 Å². The van der Waals surface area contributed by atoms with E-state index >= 15 is 0 Å². The summed E-state index contributed by atoms with van der Waals surface area (Å²) in [6.45, 7) is 3.53. The monoisotopic (exact) mass is 201 g/mol.